The van der Waals surface area contributed by atoms with Crippen molar-refractivity contribution in [2.75, 3.05) is 19.0 Å². The van der Waals surface area contributed by atoms with Crippen LogP contribution in [-0.4, -0.2) is 13.7 Å². The maximum absolute atomic E-state index is 5.36. The molecule has 1 N–H and O–H groups in total. The molecule has 0 aromatic heterocycles. The van der Waals surface area contributed by atoms with Gasteiger partial charge in [-0.25, -0.2) is 0 Å². The summed E-state index contributed by atoms with van der Waals surface area (Å²) >= 11 is 0. The van der Waals surface area contributed by atoms with E-state index in [-0.39, 0.29) is 0 Å². The first-order chi connectivity index (χ1) is 7.71. The van der Waals surface area contributed by atoms with Gasteiger partial charge in [-0.15, -0.1) is 0 Å². The number of benzene rings is 1. The summed E-state index contributed by atoms with van der Waals surface area (Å²) in [6.45, 7) is 7.57. The Morgan fingerprint density at radius 1 is 1.25 bits per heavy atom. The first kappa shape index (κ1) is 12.9. The van der Waals surface area contributed by atoms with Crippen LogP contribution in [0.4, 0.5) is 5.69 Å². The van der Waals surface area contributed by atoms with E-state index in [1.54, 1.807) is 7.11 Å². The van der Waals surface area contributed by atoms with E-state index in [9.17, 15) is 0 Å². The molecule has 0 radical (unpaired) electrons. The van der Waals surface area contributed by atoms with E-state index in [1.165, 1.54) is 18.4 Å². The first-order valence-corrected chi connectivity index (χ1v) is 6.09. The summed E-state index contributed by atoms with van der Waals surface area (Å²) < 4.78 is 5.36. The van der Waals surface area contributed by atoms with Crippen LogP contribution in [0, 0.1) is 12.8 Å². The van der Waals surface area contributed by atoms with E-state index in [0.29, 0.717) is 0 Å². The van der Waals surface area contributed by atoms with E-state index < -0.39 is 0 Å². The molecule has 2 heteroatoms. The zero-order valence-electron chi connectivity index (χ0n) is 10.8. The number of nitrogens with one attached hydrogen (secondary N) is 1. The summed E-state index contributed by atoms with van der Waals surface area (Å²) in [5.74, 6) is 1.68. The molecule has 0 aliphatic carbocycles. The summed E-state index contributed by atoms with van der Waals surface area (Å²) in [6, 6.07) is 6.27. The zero-order valence-corrected chi connectivity index (χ0v) is 10.8. The molecule has 0 saturated heterocycles. The van der Waals surface area contributed by atoms with Gasteiger partial charge < -0.3 is 10.1 Å². The molecule has 0 spiro atoms. The molecule has 1 rings (SSSR count). The lowest BCUT2D eigenvalue weighted by molar-refractivity contribution is 0.415. The lowest BCUT2D eigenvalue weighted by atomic mass is 10.0. The van der Waals surface area contributed by atoms with Gasteiger partial charge in [0, 0.05) is 6.54 Å². The van der Waals surface area contributed by atoms with Gasteiger partial charge in [0.1, 0.15) is 5.75 Å². The molecule has 0 aliphatic rings. The predicted molar refractivity (Wildman–Crippen MR) is 70.3 cm³/mol. The molecule has 0 saturated carbocycles. The van der Waals surface area contributed by atoms with Gasteiger partial charge in [-0.05, 0) is 30.5 Å². The maximum atomic E-state index is 5.36. The molecule has 0 fully saturated rings. The standard InChI is InChI=1S/C14H23NO/c1-5-12(6-2)10-15-13-8-7-11(3)9-14(13)16-4/h7-9,12,15H,5-6,10H2,1-4H3. The minimum Gasteiger partial charge on any atom is -0.495 e. The smallest absolute Gasteiger partial charge is 0.142 e. The van der Waals surface area contributed by atoms with Crippen molar-refractivity contribution < 1.29 is 4.74 Å². The first-order valence-electron chi connectivity index (χ1n) is 6.09. The van der Waals surface area contributed by atoms with Crippen LogP contribution in [0.1, 0.15) is 32.3 Å². The van der Waals surface area contributed by atoms with Gasteiger partial charge in [0.15, 0.2) is 0 Å². The molecule has 0 atom stereocenters. The van der Waals surface area contributed by atoms with E-state index in [2.05, 4.69) is 44.3 Å². The van der Waals surface area contributed by atoms with Crippen LogP contribution in [0.25, 0.3) is 0 Å². The van der Waals surface area contributed by atoms with Crippen molar-refractivity contribution in [2.45, 2.75) is 33.6 Å². The van der Waals surface area contributed by atoms with Crippen LogP contribution in [0.15, 0.2) is 18.2 Å². The fourth-order valence-corrected chi connectivity index (χ4v) is 1.78. The molecule has 0 heterocycles. The van der Waals surface area contributed by atoms with Crippen molar-refractivity contribution in [2.24, 2.45) is 5.92 Å². The lowest BCUT2D eigenvalue weighted by Gasteiger charge is -2.16. The second kappa shape index (κ2) is 6.41. The molecule has 0 unspecified atom stereocenters. The van der Waals surface area contributed by atoms with Crippen LogP contribution < -0.4 is 10.1 Å². The molecule has 1 aromatic rings. The van der Waals surface area contributed by atoms with Crippen LogP contribution in [0.2, 0.25) is 0 Å². The minimum atomic E-state index is 0.742. The second-order valence-corrected chi connectivity index (χ2v) is 4.27. The largest absolute Gasteiger partial charge is 0.495 e. The third-order valence-corrected chi connectivity index (χ3v) is 3.09. The predicted octanol–water partition coefficient (Wildman–Crippen LogP) is 3.85. The number of methoxy groups -OCH3 is 1. The van der Waals surface area contributed by atoms with Crippen molar-refractivity contribution in [3.8, 4) is 5.75 Å². The fraction of sp³-hybridized carbons (Fsp3) is 0.571. The Balaban J connectivity index is 2.65. The van der Waals surface area contributed by atoms with Crippen LogP contribution in [0.5, 0.6) is 5.75 Å². The van der Waals surface area contributed by atoms with Gasteiger partial charge in [-0.2, -0.15) is 0 Å². The normalized spacial score (nSPS) is 10.6. The third kappa shape index (κ3) is 3.44. The minimum absolute atomic E-state index is 0.742. The SMILES string of the molecule is CCC(CC)CNc1ccc(C)cc1OC. The van der Waals surface area contributed by atoms with Crippen molar-refractivity contribution >= 4 is 5.69 Å². The molecule has 16 heavy (non-hydrogen) atoms. The van der Waals surface area contributed by atoms with Gasteiger partial charge in [-0.1, -0.05) is 32.8 Å². The summed E-state index contributed by atoms with van der Waals surface area (Å²) in [5.41, 5.74) is 2.32. The molecular weight excluding hydrogens is 198 g/mol. The van der Waals surface area contributed by atoms with Gasteiger partial charge in [0.05, 0.1) is 12.8 Å². The number of hydrogen-bond acceptors (Lipinski definition) is 2. The number of aryl methyl sites for hydroxylation is 1. The molecule has 0 amide bonds. The van der Waals surface area contributed by atoms with E-state index in [0.717, 1.165) is 23.9 Å². The van der Waals surface area contributed by atoms with Crippen LogP contribution in [-0.2, 0) is 0 Å². The summed E-state index contributed by atoms with van der Waals surface area (Å²) in [4.78, 5) is 0. The average molecular weight is 221 g/mol. The van der Waals surface area contributed by atoms with Gasteiger partial charge >= 0.3 is 0 Å². The molecule has 0 aliphatic heterocycles. The van der Waals surface area contributed by atoms with Crippen LogP contribution >= 0.6 is 0 Å². The topological polar surface area (TPSA) is 21.3 Å². The fourth-order valence-electron chi connectivity index (χ4n) is 1.78. The summed E-state index contributed by atoms with van der Waals surface area (Å²) in [7, 11) is 1.72. The highest BCUT2D eigenvalue weighted by molar-refractivity contribution is 5.57. The highest BCUT2D eigenvalue weighted by Gasteiger charge is 2.06. The van der Waals surface area contributed by atoms with Gasteiger partial charge in [0.2, 0.25) is 0 Å². The number of hydrogen-bond donors (Lipinski definition) is 1. The number of ether oxygens (including phenoxy) is 1. The quantitative estimate of drug-likeness (QED) is 0.787. The monoisotopic (exact) mass is 221 g/mol. The Bertz CT molecular complexity index is 319. The summed E-state index contributed by atoms with van der Waals surface area (Å²) in [6.07, 6.45) is 2.44. The highest BCUT2D eigenvalue weighted by Crippen LogP contribution is 2.25. The number of anilines is 1. The van der Waals surface area contributed by atoms with E-state index in [1.807, 2.05) is 0 Å². The Hall–Kier alpha value is -1.18. The highest BCUT2D eigenvalue weighted by atomic mass is 16.5. The van der Waals surface area contributed by atoms with E-state index >= 15 is 0 Å². The molecule has 1 aromatic carbocycles. The third-order valence-electron chi connectivity index (χ3n) is 3.09. The second-order valence-electron chi connectivity index (χ2n) is 4.27. The molecule has 0 bridgehead atoms. The molecule has 2 nitrogen and oxygen atoms in total. The van der Waals surface area contributed by atoms with Crippen molar-refractivity contribution in [3.05, 3.63) is 23.8 Å². The Morgan fingerprint density at radius 2 is 1.94 bits per heavy atom. The number of rotatable bonds is 6. The summed E-state index contributed by atoms with van der Waals surface area (Å²) in [5, 5.41) is 3.47. The van der Waals surface area contributed by atoms with Crippen molar-refractivity contribution in [3.63, 3.8) is 0 Å². The lowest BCUT2D eigenvalue weighted by Crippen LogP contribution is -2.13. The molecular formula is C14H23NO. The van der Waals surface area contributed by atoms with Crippen molar-refractivity contribution in [1.29, 1.82) is 0 Å². The Labute approximate surface area is 99.0 Å². The van der Waals surface area contributed by atoms with E-state index in [4.69, 9.17) is 4.74 Å². The maximum Gasteiger partial charge on any atom is 0.142 e. The van der Waals surface area contributed by atoms with Gasteiger partial charge in [0.25, 0.3) is 0 Å². The Morgan fingerprint density at radius 3 is 2.50 bits per heavy atom. The molecule has 90 valence electrons. The zero-order chi connectivity index (χ0) is 12.0. The van der Waals surface area contributed by atoms with Crippen LogP contribution in [0.3, 0.4) is 0 Å². The van der Waals surface area contributed by atoms with Crippen molar-refractivity contribution in [1.82, 2.24) is 0 Å². The Kier molecular flexibility index (Phi) is 5.17. The van der Waals surface area contributed by atoms with Gasteiger partial charge in [-0.3, -0.25) is 0 Å². The average Bonchev–Trinajstić information content (AvgIpc) is 2.31.